The minimum absolute atomic E-state index is 0.0788. The highest BCUT2D eigenvalue weighted by molar-refractivity contribution is 7.13. The first-order chi connectivity index (χ1) is 7.75. The molecule has 2 heterocycles. The van der Waals surface area contributed by atoms with Gasteiger partial charge >= 0.3 is 5.97 Å². The molecule has 2 rings (SSSR count). The Hall–Kier alpha value is -1.89. The Kier molecular flexibility index (Phi) is 3.16. The maximum absolute atomic E-state index is 10.6. The maximum atomic E-state index is 10.6. The minimum Gasteiger partial charge on any atom is -0.476 e. The molecule has 84 valence electrons. The van der Waals surface area contributed by atoms with Crippen LogP contribution in [0.4, 0.5) is 5.13 Å². The molecular weight excluding hydrogens is 228 g/mol. The van der Waals surface area contributed by atoms with Crippen LogP contribution in [-0.2, 0) is 6.54 Å². The first-order valence-corrected chi connectivity index (χ1v) is 5.52. The summed E-state index contributed by atoms with van der Waals surface area (Å²) in [5.74, 6) is -1.00. The van der Waals surface area contributed by atoms with Gasteiger partial charge in [0, 0.05) is 30.9 Å². The Bertz CT molecular complexity index is 466. The molecule has 6 nitrogen and oxygen atoms in total. The van der Waals surface area contributed by atoms with Gasteiger partial charge < -0.3 is 15.0 Å². The SMILES string of the molecule is O=C(O)c1csc(NCCn2ccnc2)n1. The molecule has 0 spiro atoms. The van der Waals surface area contributed by atoms with Crippen LogP contribution in [0.25, 0.3) is 0 Å². The lowest BCUT2D eigenvalue weighted by atomic mass is 10.5. The maximum Gasteiger partial charge on any atom is 0.355 e. The van der Waals surface area contributed by atoms with E-state index in [-0.39, 0.29) is 5.69 Å². The van der Waals surface area contributed by atoms with Crippen LogP contribution in [0.15, 0.2) is 24.1 Å². The van der Waals surface area contributed by atoms with Crippen molar-refractivity contribution in [2.45, 2.75) is 6.54 Å². The van der Waals surface area contributed by atoms with Crippen LogP contribution in [0.5, 0.6) is 0 Å². The Balaban J connectivity index is 1.83. The highest BCUT2D eigenvalue weighted by atomic mass is 32.1. The summed E-state index contributed by atoms with van der Waals surface area (Å²) in [7, 11) is 0. The van der Waals surface area contributed by atoms with Crippen LogP contribution in [0.2, 0.25) is 0 Å². The van der Waals surface area contributed by atoms with Gasteiger partial charge in [-0.15, -0.1) is 11.3 Å². The predicted octanol–water partition coefficient (Wildman–Crippen LogP) is 1.15. The second-order valence-corrected chi connectivity index (χ2v) is 3.93. The standard InChI is InChI=1S/C9H10N4O2S/c14-8(15)7-5-16-9(12-7)11-2-4-13-3-1-10-6-13/h1,3,5-6H,2,4H2,(H,11,12)(H,14,15). The number of aromatic carboxylic acids is 1. The smallest absolute Gasteiger partial charge is 0.355 e. The van der Waals surface area contributed by atoms with Crippen molar-refractivity contribution in [1.82, 2.24) is 14.5 Å². The summed E-state index contributed by atoms with van der Waals surface area (Å²) in [6.45, 7) is 1.45. The van der Waals surface area contributed by atoms with Gasteiger partial charge in [0.2, 0.25) is 0 Å². The van der Waals surface area contributed by atoms with Crippen LogP contribution in [0.1, 0.15) is 10.5 Å². The number of carboxylic acid groups (broad SMARTS) is 1. The van der Waals surface area contributed by atoms with Gasteiger partial charge in [-0.05, 0) is 0 Å². The molecule has 0 aromatic carbocycles. The molecule has 0 aliphatic rings. The summed E-state index contributed by atoms with van der Waals surface area (Å²) >= 11 is 1.29. The van der Waals surface area contributed by atoms with Crippen molar-refractivity contribution >= 4 is 22.4 Å². The number of hydrogen-bond donors (Lipinski definition) is 2. The lowest BCUT2D eigenvalue weighted by Gasteiger charge is -2.02. The first kappa shape index (κ1) is 10.6. The Labute approximate surface area is 95.6 Å². The van der Waals surface area contributed by atoms with E-state index in [1.807, 2.05) is 10.8 Å². The molecule has 0 bridgehead atoms. The molecule has 0 saturated carbocycles. The molecule has 0 radical (unpaired) electrons. The summed E-state index contributed by atoms with van der Waals surface area (Å²) in [5.41, 5.74) is 0.0788. The number of nitrogens with zero attached hydrogens (tertiary/aromatic N) is 3. The fourth-order valence-corrected chi connectivity index (χ4v) is 1.88. The number of carboxylic acids is 1. The average Bonchev–Trinajstić information content (AvgIpc) is 2.87. The quantitative estimate of drug-likeness (QED) is 0.816. The van der Waals surface area contributed by atoms with Crippen molar-refractivity contribution in [3.63, 3.8) is 0 Å². The molecule has 7 heteroatoms. The van der Waals surface area contributed by atoms with E-state index in [0.717, 1.165) is 6.54 Å². The highest BCUT2D eigenvalue weighted by Crippen LogP contribution is 2.14. The third kappa shape index (κ3) is 2.57. The molecule has 2 aromatic rings. The van der Waals surface area contributed by atoms with E-state index in [1.54, 1.807) is 12.5 Å². The molecule has 0 aliphatic heterocycles. The van der Waals surface area contributed by atoms with Gasteiger partial charge in [0.1, 0.15) is 0 Å². The number of imidazole rings is 1. The van der Waals surface area contributed by atoms with Crippen LogP contribution in [0.3, 0.4) is 0 Å². The van der Waals surface area contributed by atoms with Gasteiger partial charge in [-0.25, -0.2) is 14.8 Å². The van der Waals surface area contributed by atoms with Crippen LogP contribution in [-0.4, -0.2) is 32.2 Å². The van der Waals surface area contributed by atoms with E-state index in [4.69, 9.17) is 5.11 Å². The van der Waals surface area contributed by atoms with Crippen molar-refractivity contribution in [2.24, 2.45) is 0 Å². The molecular formula is C9H10N4O2S. The molecule has 0 saturated heterocycles. The van der Waals surface area contributed by atoms with Gasteiger partial charge in [0.05, 0.1) is 6.33 Å². The fraction of sp³-hybridized carbons (Fsp3) is 0.222. The summed E-state index contributed by atoms with van der Waals surface area (Å²) in [4.78, 5) is 18.4. The number of anilines is 1. The van der Waals surface area contributed by atoms with Crippen molar-refractivity contribution in [3.8, 4) is 0 Å². The summed E-state index contributed by atoms with van der Waals surface area (Å²) in [5, 5.41) is 13.9. The monoisotopic (exact) mass is 238 g/mol. The van der Waals surface area contributed by atoms with E-state index < -0.39 is 5.97 Å². The normalized spacial score (nSPS) is 10.2. The molecule has 2 N–H and O–H groups in total. The number of rotatable bonds is 5. The highest BCUT2D eigenvalue weighted by Gasteiger charge is 2.07. The first-order valence-electron chi connectivity index (χ1n) is 4.64. The van der Waals surface area contributed by atoms with Gasteiger partial charge in [-0.2, -0.15) is 0 Å². The minimum atomic E-state index is -1.00. The number of thiazole rings is 1. The van der Waals surface area contributed by atoms with Crippen LogP contribution >= 0.6 is 11.3 Å². The van der Waals surface area contributed by atoms with Gasteiger partial charge in [0.15, 0.2) is 10.8 Å². The summed E-state index contributed by atoms with van der Waals surface area (Å²) < 4.78 is 1.93. The van der Waals surface area contributed by atoms with Crippen LogP contribution in [0, 0.1) is 0 Å². The van der Waals surface area contributed by atoms with Gasteiger partial charge in [-0.1, -0.05) is 0 Å². The second-order valence-electron chi connectivity index (χ2n) is 3.07. The topological polar surface area (TPSA) is 80.0 Å². The zero-order valence-corrected chi connectivity index (χ0v) is 9.15. The molecule has 0 amide bonds. The van der Waals surface area contributed by atoms with Gasteiger partial charge in [0.25, 0.3) is 0 Å². The molecule has 0 fully saturated rings. The predicted molar refractivity (Wildman–Crippen MR) is 59.8 cm³/mol. The average molecular weight is 238 g/mol. The van der Waals surface area contributed by atoms with E-state index in [9.17, 15) is 4.79 Å². The largest absolute Gasteiger partial charge is 0.476 e. The van der Waals surface area contributed by atoms with Crippen molar-refractivity contribution in [2.75, 3.05) is 11.9 Å². The number of carbonyl (C=O) groups is 1. The third-order valence-electron chi connectivity index (χ3n) is 1.93. The Morgan fingerprint density at radius 3 is 3.12 bits per heavy atom. The molecule has 0 unspecified atom stereocenters. The number of nitrogens with one attached hydrogen (secondary N) is 1. The van der Waals surface area contributed by atoms with E-state index in [0.29, 0.717) is 11.7 Å². The van der Waals surface area contributed by atoms with Crippen molar-refractivity contribution < 1.29 is 9.90 Å². The summed E-state index contributed by atoms with van der Waals surface area (Å²) in [6.07, 6.45) is 5.31. The third-order valence-corrected chi connectivity index (χ3v) is 2.73. The zero-order valence-electron chi connectivity index (χ0n) is 8.33. The Morgan fingerprint density at radius 1 is 1.62 bits per heavy atom. The van der Waals surface area contributed by atoms with Crippen LogP contribution < -0.4 is 5.32 Å². The van der Waals surface area contributed by atoms with E-state index in [2.05, 4.69) is 15.3 Å². The number of hydrogen-bond acceptors (Lipinski definition) is 5. The summed E-state index contributed by atoms with van der Waals surface area (Å²) in [6, 6.07) is 0. The molecule has 16 heavy (non-hydrogen) atoms. The lowest BCUT2D eigenvalue weighted by molar-refractivity contribution is 0.0691. The molecule has 0 atom stereocenters. The van der Waals surface area contributed by atoms with Gasteiger partial charge in [-0.3, -0.25) is 0 Å². The van der Waals surface area contributed by atoms with E-state index in [1.165, 1.54) is 16.7 Å². The fourth-order valence-electron chi connectivity index (χ4n) is 1.16. The van der Waals surface area contributed by atoms with Crippen molar-refractivity contribution in [1.29, 1.82) is 0 Å². The number of aromatic nitrogens is 3. The molecule has 0 aliphatic carbocycles. The van der Waals surface area contributed by atoms with Crippen molar-refractivity contribution in [3.05, 3.63) is 29.8 Å². The zero-order chi connectivity index (χ0) is 11.4. The lowest BCUT2D eigenvalue weighted by Crippen LogP contribution is -2.09. The second kappa shape index (κ2) is 4.75. The Morgan fingerprint density at radius 2 is 2.50 bits per heavy atom. The van der Waals surface area contributed by atoms with E-state index >= 15 is 0 Å². The molecule has 2 aromatic heterocycles.